The van der Waals surface area contributed by atoms with Crippen molar-refractivity contribution in [3.63, 3.8) is 0 Å². The second kappa shape index (κ2) is 5.65. The molecule has 2 aromatic carbocycles. The largest absolute Gasteiger partial charge is 0.0890 e. The fourth-order valence-corrected chi connectivity index (χ4v) is 3.89. The van der Waals surface area contributed by atoms with Crippen LogP contribution in [0.3, 0.4) is 0 Å². The molecule has 0 fully saturated rings. The third kappa shape index (κ3) is 2.64. The zero-order valence-electron chi connectivity index (χ0n) is 13.6. The van der Waals surface area contributed by atoms with Gasteiger partial charge < -0.3 is 0 Å². The first-order valence-electron chi connectivity index (χ1n) is 7.15. The minimum absolute atomic E-state index is 1.37. The number of rotatable bonds is 2. The van der Waals surface area contributed by atoms with E-state index < -0.39 is 0 Å². The van der Waals surface area contributed by atoms with Gasteiger partial charge in [0.1, 0.15) is 0 Å². The van der Waals surface area contributed by atoms with E-state index in [-0.39, 0.29) is 0 Å². The van der Waals surface area contributed by atoms with E-state index in [1.165, 1.54) is 48.7 Å². The van der Waals surface area contributed by atoms with Crippen molar-refractivity contribution in [3.8, 4) is 0 Å². The fraction of sp³-hybridized carbons (Fsp3) is 0.368. The molecule has 0 bridgehead atoms. The van der Waals surface area contributed by atoms with Gasteiger partial charge in [-0.3, -0.25) is 0 Å². The van der Waals surface area contributed by atoms with Gasteiger partial charge in [0.15, 0.2) is 0 Å². The zero-order valence-corrected chi connectivity index (χ0v) is 14.5. The van der Waals surface area contributed by atoms with Crippen molar-refractivity contribution in [1.82, 2.24) is 0 Å². The minimum Gasteiger partial charge on any atom is -0.0890 e. The molecule has 0 amide bonds. The van der Waals surface area contributed by atoms with Gasteiger partial charge in [-0.15, -0.1) is 0 Å². The Bertz CT molecular complexity index is 640. The van der Waals surface area contributed by atoms with Crippen LogP contribution in [0.15, 0.2) is 28.0 Å². The van der Waals surface area contributed by atoms with Crippen LogP contribution in [0, 0.1) is 48.5 Å². The lowest BCUT2D eigenvalue weighted by Gasteiger charge is -2.18. The maximum absolute atomic E-state index is 2.30. The molecule has 0 saturated carbocycles. The van der Waals surface area contributed by atoms with Gasteiger partial charge in [-0.2, -0.15) is 0 Å². The molecule has 0 nitrogen and oxygen atoms in total. The summed E-state index contributed by atoms with van der Waals surface area (Å²) in [7, 11) is 0. The summed E-state index contributed by atoms with van der Waals surface area (Å²) in [5.74, 6) is 0. The maximum atomic E-state index is 2.30. The van der Waals surface area contributed by atoms with Crippen LogP contribution in [0.1, 0.15) is 38.9 Å². The first kappa shape index (κ1) is 15.2. The number of benzene rings is 2. The van der Waals surface area contributed by atoms with E-state index in [9.17, 15) is 0 Å². The Morgan fingerprint density at radius 2 is 1.00 bits per heavy atom. The molecule has 0 aliphatic rings. The molecular weight excluding hydrogens is 260 g/mol. The summed E-state index contributed by atoms with van der Waals surface area (Å²) in [6, 6.07) is 6.75. The van der Waals surface area contributed by atoms with Crippen molar-refractivity contribution >= 4 is 11.8 Å². The summed E-state index contributed by atoms with van der Waals surface area (Å²) >= 11 is 1.94. The van der Waals surface area contributed by atoms with E-state index in [4.69, 9.17) is 0 Å². The van der Waals surface area contributed by atoms with Crippen LogP contribution in [0.4, 0.5) is 0 Å². The molecule has 2 aromatic rings. The fourth-order valence-electron chi connectivity index (χ4n) is 2.52. The van der Waals surface area contributed by atoms with Gasteiger partial charge in [0.2, 0.25) is 0 Å². The summed E-state index contributed by atoms with van der Waals surface area (Å²) in [5, 5.41) is 0. The SMILES string of the molecule is Cc1ccc(C)c(Sc2c(C)c(C)cc(C)c2C)c1C. The normalized spacial score (nSPS) is 10.9. The van der Waals surface area contributed by atoms with Crippen LogP contribution < -0.4 is 0 Å². The smallest absolute Gasteiger partial charge is 0.0186 e. The highest BCUT2D eigenvalue weighted by Crippen LogP contribution is 2.39. The van der Waals surface area contributed by atoms with E-state index in [1.54, 1.807) is 0 Å². The quantitative estimate of drug-likeness (QED) is 0.652. The van der Waals surface area contributed by atoms with Crippen molar-refractivity contribution in [1.29, 1.82) is 0 Å². The van der Waals surface area contributed by atoms with E-state index >= 15 is 0 Å². The van der Waals surface area contributed by atoms with Crippen molar-refractivity contribution in [3.05, 3.63) is 57.1 Å². The standard InChI is InChI=1S/C19H24S/c1-11-8-9-12(2)18(15(11)5)20-19-16(6)13(3)10-14(4)17(19)7/h8-10H,1-7H3. The maximum Gasteiger partial charge on any atom is 0.0186 e. The second-order valence-corrected chi connectivity index (χ2v) is 6.87. The highest BCUT2D eigenvalue weighted by atomic mass is 32.2. The van der Waals surface area contributed by atoms with Gasteiger partial charge in [0.05, 0.1) is 0 Å². The topological polar surface area (TPSA) is 0 Å². The first-order valence-corrected chi connectivity index (χ1v) is 7.96. The average Bonchev–Trinajstić information content (AvgIpc) is 2.40. The molecule has 20 heavy (non-hydrogen) atoms. The lowest BCUT2D eigenvalue weighted by Crippen LogP contribution is -1.96. The van der Waals surface area contributed by atoms with E-state index in [0.29, 0.717) is 0 Å². The Labute approximate surface area is 127 Å². The van der Waals surface area contributed by atoms with Crippen molar-refractivity contribution < 1.29 is 0 Å². The summed E-state index contributed by atoms with van der Waals surface area (Å²) in [4.78, 5) is 2.85. The van der Waals surface area contributed by atoms with Crippen LogP contribution in [0.2, 0.25) is 0 Å². The number of hydrogen-bond acceptors (Lipinski definition) is 1. The molecule has 0 atom stereocenters. The third-order valence-electron chi connectivity index (χ3n) is 4.37. The molecule has 1 heteroatoms. The Morgan fingerprint density at radius 3 is 1.55 bits per heavy atom. The zero-order chi connectivity index (χ0) is 15.0. The second-order valence-electron chi connectivity index (χ2n) is 5.85. The third-order valence-corrected chi connectivity index (χ3v) is 6.02. The Morgan fingerprint density at radius 1 is 0.550 bits per heavy atom. The van der Waals surface area contributed by atoms with Crippen LogP contribution in [-0.2, 0) is 0 Å². The molecule has 0 saturated heterocycles. The molecule has 0 heterocycles. The molecule has 106 valence electrons. The number of hydrogen-bond donors (Lipinski definition) is 0. The predicted molar refractivity (Wildman–Crippen MR) is 90.2 cm³/mol. The molecule has 0 N–H and O–H groups in total. The van der Waals surface area contributed by atoms with Crippen molar-refractivity contribution in [2.45, 2.75) is 58.3 Å². The molecule has 0 unspecified atom stereocenters. The van der Waals surface area contributed by atoms with Gasteiger partial charge in [0, 0.05) is 9.79 Å². The van der Waals surface area contributed by atoms with Gasteiger partial charge in [0.25, 0.3) is 0 Å². The van der Waals surface area contributed by atoms with Crippen LogP contribution in [0.25, 0.3) is 0 Å². The highest BCUT2D eigenvalue weighted by molar-refractivity contribution is 7.99. The first-order chi connectivity index (χ1) is 9.32. The molecule has 0 spiro atoms. The predicted octanol–water partition coefficient (Wildman–Crippen LogP) is 6.00. The van der Waals surface area contributed by atoms with Crippen molar-refractivity contribution in [2.75, 3.05) is 0 Å². The Kier molecular flexibility index (Phi) is 4.29. The van der Waals surface area contributed by atoms with Crippen LogP contribution in [0.5, 0.6) is 0 Å². The summed E-state index contributed by atoms with van der Waals surface area (Å²) in [6.45, 7) is 15.5. The van der Waals surface area contributed by atoms with Gasteiger partial charge in [-0.1, -0.05) is 30.0 Å². The summed E-state index contributed by atoms with van der Waals surface area (Å²) < 4.78 is 0. The summed E-state index contributed by atoms with van der Waals surface area (Å²) in [5.41, 5.74) is 9.76. The molecule has 0 aromatic heterocycles. The molecule has 0 aliphatic heterocycles. The van der Waals surface area contributed by atoms with E-state index in [2.05, 4.69) is 66.7 Å². The Balaban J connectivity index is 2.59. The molecule has 0 aliphatic carbocycles. The average molecular weight is 284 g/mol. The lowest BCUT2D eigenvalue weighted by molar-refractivity contribution is 1.12. The minimum atomic E-state index is 1.37. The monoisotopic (exact) mass is 284 g/mol. The molecule has 0 radical (unpaired) electrons. The van der Waals surface area contributed by atoms with Crippen LogP contribution >= 0.6 is 11.8 Å². The van der Waals surface area contributed by atoms with E-state index in [0.717, 1.165) is 0 Å². The molecular formula is C19H24S. The Hall–Kier alpha value is -1.21. The van der Waals surface area contributed by atoms with E-state index in [1.807, 2.05) is 11.8 Å². The van der Waals surface area contributed by atoms with Crippen LogP contribution in [-0.4, -0.2) is 0 Å². The van der Waals surface area contributed by atoms with Gasteiger partial charge in [-0.05, 0) is 87.4 Å². The highest BCUT2D eigenvalue weighted by Gasteiger charge is 2.13. The van der Waals surface area contributed by atoms with Crippen molar-refractivity contribution in [2.24, 2.45) is 0 Å². The van der Waals surface area contributed by atoms with Gasteiger partial charge >= 0.3 is 0 Å². The lowest BCUT2D eigenvalue weighted by atomic mass is 10.0. The number of aryl methyl sites for hydroxylation is 4. The van der Waals surface area contributed by atoms with Gasteiger partial charge in [-0.25, -0.2) is 0 Å². The summed E-state index contributed by atoms with van der Waals surface area (Å²) in [6.07, 6.45) is 0. The molecule has 2 rings (SSSR count).